The van der Waals surface area contributed by atoms with E-state index in [2.05, 4.69) is 16.8 Å². The number of methoxy groups -OCH3 is 1. The summed E-state index contributed by atoms with van der Waals surface area (Å²) in [6.07, 6.45) is 1.04. The molecule has 1 aromatic heterocycles. The van der Waals surface area contributed by atoms with Crippen molar-refractivity contribution < 1.29 is 14.3 Å². The molecule has 0 unspecified atom stereocenters. The summed E-state index contributed by atoms with van der Waals surface area (Å²) in [5.74, 6) is 1.58. The van der Waals surface area contributed by atoms with Crippen molar-refractivity contribution in [2.75, 3.05) is 13.7 Å². The van der Waals surface area contributed by atoms with E-state index in [1.807, 2.05) is 39.0 Å². The van der Waals surface area contributed by atoms with Crippen LogP contribution in [-0.4, -0.2) is 34.9 Å². The van der Waals surface area contributed by atoms with Crippen molar-refractivity contribution >= 4 is 17.1 Å². The third-order valence-electron chi connectivity index (χ3n) is 4.00. The normalized spacial score (nSPS) is 12.8. The van der Waals surface area contributed by atoms with E-state index in [0.717, 1.165) is 35.6 Å². The number of hydrogen-bond donors (Lipinski definition) is 2. The lowest BCUT2D eigenvalue weighted by molar-refractivity contribution is 0.0526. The summed E-state index contributed by atoms with van der Waals surface area (Å²) in [5.41, 5.74) is 7.73. The lowest BCUT2D eigenvalue weighted by Crippen LogP contribution is -2.33. The Bertz CT molecular complexity index is 749. The first-order chi connectivity index (χ1) is 12.3. The van der Waals surface area contributed by atoms with Gasteiger partial charge in [-0.2, -0.15) is 0 Å². The molecule has 0 bridgehead atoms. The number of hydrogen-bond acceptors (Lipinski definition) is 5. The Kier molecular flexibility index (Phi) is 6.47. The maximum absolute atomic E-state index is 11.7. The molecule has 0 radical (unpaired) electrons. The van der Waals surface area contributed by atoms with Crippen molar-refractivity contribution in [3.05, 3.63) is 24.0 Å². The Balaban J connectivity index is 1.99. The summed E-state index contributed by atoms with van der Waals surface area (Å²) < 4.78 is 12.7. The fraction of sp³-hybridized carbons (Fsp3) is 0.579. The number of rotatable bonds is 7. The van der Waals surface area contributed by atoms with Gasteiger partial charge in [-0.3, -0.25) is 0 Å². The van der Waals surface area contributed by atoms with Gasteiger partial charge in [0.2, 0.25) is 0 Å². The van der Waals surface area contributed by atoms with E-state index in [1.165, 1.54) is 0 Å². The molecule has 0 aliphatic carbocycles. The highest BCUT2D eigenvalue weighted by Crippen LogP contribution is 2.28. The smallest absolute Gasteiger partial charge is 0.407 e. The quantitative estimate of drug-likeness (QED) is 0.737. The van der Waals surface area contributed by atoms with Crippen LogP contribution in [0.2, 0.25) is 0 Å². The molecule has 2 rings (SSSR count). The van der Waals surface area contributed by atoms with E-state index in [4.69, 9.17) is 20.2 Å². The van der Waals surface area contributed by atoms with Gasteiger partial charge in [-0.25, -0.2) is 9.78 Å². The van der Waals surface area contributed by atoms with Gasteiger partial charge in [0, 0.05) is 13.1 Å². The van der Waals surface area contributed by atoms with E-state index in [-0.39, 0.29) is 6.04 Å². The first-order valence-electron chi connectivity index (χ1n) is 9.02. The number of carbonyl (C=O) groups excluding carboxylic acids is 1. The number of aromatic nitrogens is 2. The first-order valence-corrected chi connectivity index (χ1v) is 9.02. The number of nitrogens with zero attached hydrogens (tertiary/aromatic N) is 2. The van der Waals surface area contributed by atoms with Crippen molar-refractivity contribution in [3.63, 3.8) is 0 Å². The average molecular weight is 362 g/mol. The van der Waals surface area contributed by atoms with Crippen LogP contribution in [0.4, 0.5) is 4.79 Å². The molecule has 7 nitrogen and oxygen atoms in total. The van der Waals surface area contributed by atoms with Gasteiger partial charge >= 0.3 is 6.09 Å². The maximum atomic E-state index is 11.7. The summed E-state index contributed by atoms with van der Waals surface area (Å²) in [6.45, 7) is 8.88. The van der Waals surface area contributed by atoms with Gasteiger partial charge < -0.3 is 25.1 Å². The van der Waals surface area contributed by atoms with Crippen LogP contribution in [0.15, 0.2) is 18.2 Å². The highest BCUT2D eigenvalue weighted by molar-refractivity contribution is 5.82. The zero-order valence-corrected chi connectivity index (χ0v) is 16.3. The lowest BCUT2D eigenvalue weighted by Gasteiger charge is -2.20. The van der Waals surface area contributed by atoms with Crippen molar-refractivity contribution in [3.8, 4) is 5.75 Å². The highest BCUT2D eigenvalue weighted by atomic mass is 16.6. The monoisotopic (exact) mass is 362 g/mol. The molecule has 7 heteroatoms. The summed E-state index contributed by atoms with van der Waals surface area (Å²) >= 11 is 0. The average Bonchev–Trinajstić information content (AvgIpc) is 2.95. The number of alkyl carbamates (subject to hydrolysis) is 1. The largest absolute Gasteiger partial charge is 0.494 e. The predicted molar refractivity (Wildman–Crippen MR) is 102 cm³/mol. The SMILES string of the molecule is CCn1c([C@@H](N)CCCNC(=O)OC(C)(C)C)nc2c(OC)cccc21. The minimum Gasteiger partial charge on any atom is -0.494 e. The van der Waals surface area contributed by atoms with Crippen molar-refractivity contribution in [1.82, 2.24) is 14.9 Å². The standard InChI is InChI=1S/C19H30N4O3/c1-6-23-14-10-7-11-15(25-5)16(14)22-17(23)13(20)9-8-12-21-18(24)26-19(2,3)4/h7,10-11,13H,6,8-9,12,20H2,1-5H3,(H,21,24)/t13-/m0/s1. The molecule has 0 spiro atoms. The van der Waals surface area contributed by atoms with Crippen LogP contribution in [0.1, 0.15) is 52.4 Å². The number of nitrogens with one attached hydrogen (secondary N) is 1. The number of imidazole rings is 1. The Morgan fingerprint density at radius 2 is 2.12 bits per heavy atom. The van der Waals surface area contributed by atoms with Crippen molar-refractivity contribution in [2.45, 2.75) is 58.7 Å². The Morgan fingerprint density at radius 3 is 2.73 bits per heavy atom. The van der Waals surface area contributed by atoms with Crippen molar-refractivity contribution in [1.29, 1.82) is 0 Å². The second-order valence-electron chi connectivity index (χ2n) is 7.22. The minimum atomic E-state index is -0.495. The number of benzene rings is 1. The summed E-state index contributed by atoms with van der Waals surface area (Å²) in [4.78, 5) is 16.4. The van der Waals surface area contributed by atoms with E-state index < -0.39 is 11.7 Å². The van der Waals surface area contributed by atoms with E-state index in [9.17, 15) is 4.79 Å². The molecule has 26 heavy (non-hydrogen) atoms. The van der Waals surface area contributed by atoms with Crippen LogP contribution >= 0.6 is 0 Å². The number of ether oxygens (including phenoxy) is 2. The molecule has 0 saturated heterocycles. The van der Waals surface area contributed by atoms with Gasteiger partial charge in [-0.05, 0) is 52.7 Å². The van der Waals surface area contributed by atoms with E-state index >= 15 is 0 Å². The fourth-order valence-corrected chi connectivity index (χ4v) is 2.88. The molecule has 1 aromatic carbocycles. The molecule has 144 valence electrons. The zero-order valence-electron chi connectivity index (χ0n) is 16.3. The predicted octanol–water partition coefficient (Wildman–Crippen LogP) is 3.37. The third-order valence-corrected chi connectivity index (χ3v) is 4.00. The Morgan fingerprint density at radius 1 is 1.38 bits per heavy atom. The van der Waals surface area contributed by atoms with Gasteiger partial charge in [0.15, 0.2) is 0 Å². The molecule has 1 heterocycles. The topological polar surface area (TPSA) is 91.4 Å². The number of para-hydroxylation sites is 1. The van der Waals surface area contributed by atoms with Crippen LogP contribution in [0.25, 0.3) is 11.0 Å². The number of fused-ring (bicyclic) bond motifs is 1. The van der Waals surface area contributed by atoms with Gasteiger partial charge in [0.05, 0.1) is 18.7 Å². The molecular weight excluding hydrogens is 332 g/mol. The molecule has 3 N–H and O–H groups in total. The highest BCUT2D eigenvalue weighted by Gasteiger charge is 2.19. The molecule has 0 saturated carbocycles. The summed E-state index contributed by atoms with van der Waals surface area (Å²) in [5, 5.41) is 2.76. The Hall–Kier alpha value is -2.28. The van der Waals surface area contributed by atoms with E-state index in [1.54, 1.807) is 7.11 Å². The Labute approximate surface area is 154 Å². The molecule has 0 aliphatic heterocycles. The van der Waals surface area contributed by atoms with E-state index in [0.29, 0.717) is 13.0 Å². The van der Waals surface area contributed by atoms with Gasteiger partial charge in [-0.15, -0.1) is 0 Å². The zero-order chi connectivity index (χ0) is 19.3. The van der Waals surface area contributed by atoms with Gasteiger partial charge in [0.25, 0.3) is 0 Å². The van der Waals surface area contributed by atoms with Crippen LogP contribution in [0, 0.1) is 0 Å². The molecule has 1 atom stereocenters. The van der Waals surface area contributed by atoms with Crippen molar-refractivity contribution in [2.24, 2.45) is 5.73 Å². The second-order valence-corrected chi connectivity index (χ2v) is 7.22. The lowest BCUT2D eigenvalue weighted by atomic mass is 10.1. The first kappa shape index (κ1) is 20.0. The van der Waals surface area contributed by atoms with Gasteiger partial charge in [0.1, 0.15) is 22.7 Å². The third kappa shape index (κ3) is 4.88. The number of aryl methyl sites for hydroxylation is 1. The molecule has 2 aromatic rings. The van der Waals surface area contributed by atoms with Crippen LogP contribution in [0.5, 0.6) is 5.75 Å². The van der Waals surface area contributed by atoms with Crippen LogP contribution in [0.3, 0.4) is 0 Å². The summed E-state index contributed by atoms with van der Waals surface area (Å²) in [7, 11) is 1.64. The minimum absolute atomic E-state index is 0.215. The van der Waals surface area contributed by atoms with Crippen LogP contribution in [-0.2, 0) is 11.3 Å². The molecule has 1 amide bonds. The number of carbonyl (C=O) groups is 1. The molecular formula is C19H30N4O3. The second kappa shape index (κ2) is 8.40. The number of nitrogens with two attached hydrogens (primary N) is 1. The fourth-order valence-electron chi connectivity index (χ4n) is 2.88. The maximum Gasteiger partial charge on any atom is 0.407 e. The van der Waals surface area contributed by atoms with Crippen LogP contribution < -0.4 is 15.8 Å². The molecule has 0 aliphatic rings. The molecule has 0 fully saturated rings. The summed E-state index contributed by atoms with van der Waals surface area (Å²) in [6, 6.07) is 5.66. The number of amides is 1. The van der Waals surface area contributed by atoms with Gasteiger partial charge in [-0.1, -0.05) is 6.07 Å².